The maximum atomic E-state index is 12.0. The molecule has 0 aliphatic heterocycles. The Kier molecular flexibility index (Phi) is 9.38. The smallest absolute Gasteiger partial charge is 0.407 e. The second-order valence-corrected chi connectivity index (χ2v) is 8.18. The van der Waals surface area contributed by atoms with Crippen molar-refractivity contribution in [1.29, 1.82) is 0 Å². The summed E-state index contributed by atoms with van der Waals surface area (Å²) in [4.78, 5) is 35.4. The molecule has 3 amide bonds. The second-order valence-electron chi connectivity index (χ2n) is 8.18. The van der Waals surface area contributed by atoms with Crippen LogP contribution in [0.1, 0.15) is 53.5 Å². The van der Waals surface area contributed by atoms with Crippen LogP contribution in [-0.4, -0.2) is 30.1 Å². The highest BCUT2D eigenvalue weighted by atomic mass is 16.6. The van der Waals surface area contributed by atoms with Crippen LogP contribution in [0.15, 0.2) is 35.9 Å². The number of carbonyl (C=O) groups is 3. The van der Waals surface area contributed by atoms with Gasteiger partial charge in [-0.05, 0) is 51.3 Å². The van der Waals surface area contributed by atoms with Crippen molar-refractivity contribution in [2.75, 3.05) is 11.9 Å². The van der Waals surface area contributed by atoms with Crippen molar-refractivity contribution in [3.8, 4) is 0 Å². The van der Waals surface area contributed by atoms with Gasteiger partial charge in [-0.2, -0.15) is 0 Å². The predicted molar refractivity (Wildman–Crippen MR) is 114 cm³/mol. The van der Waals surface area contributed by atoms with Crippen molar-refractivity contribution in [1.82, 2.24) is 10.6 Å². The Morgan fingerprint density at radius 2 is 1.69 bits per heavy atom. The van der Waals surface area contributed by atoms with E-state index >= 15 is 0 Å². The number of hydrogen-bond donors (Lipinski definition) is 3. The molecule has 1 aromatic carbocycles. The highest BCUT2D eigenvalue weighted by Crippen LogP contribution is 2.11. The lowest BCUT2D eigenvalue weighted by atomic mass is 10.1. The fraction of sp³-hybridized carbons (Fsp3) is 0.500. The number of ether oxygens (including phenoxy) is 1. The monoisotopic (exact) mass is 403 g/mol. The van der Waals surface area contributed by atoms with Gasteiger partial charge in [0, 0.05) is 31.3 Å². The molecule has 0 saturated heterocycles. The molecular formula is C22H33N3O4. The average molecular weight is 404 g/mol. The van der Waals surface area contributed by atoms with Gasteiger partial charge in [-0.15, -0.1) is 0 Å². The summed E-state index contributed by atoms with van der Waals surface area (Å²) >= 11 is 0. The molecule has 7 nitrogen and oxygen atoms in total. The molecule has 0 aliphatic carbocycles. The highest BCUT2D eigenvalue weighted by molar-refractivity contribution is 5.91. The van der Waals surface area contributed by atoms with Gasteiger partial charge in [0.2, 0.25) is 11.8 Å². The standard InChI is InChI=1S/C22H33N3O4/c1-15(2)16(3)13-20(27)24-14-17-7-9-18(10-8-17)25-19(26)11-12-23-21(28)29-22(4,5)6/h7-10,13,15H,11-12,14H2,1-6H3,(H,23,28)(H,24,27)(H,25,26)/b16-13+. The lowest BCUT2D eigenvalue weighted by molar-refractivity contribution is -0.117. The summed E-state index contributed by atoms with van der Waals surface area (Å²) in [6.45, 7) is 11.9. The van der Waals surface area contributed by atoms with Crippen molar-refractivity contribution in [3.63, 3.8) is 0 Å². The zero-order valence-electron chi connectivity index (χ0n) is 18.2. The number of anilines is 1. The van der Waals surface area contributed by atoms with Crippen LogP contribution < -0.4 is 16.0 Å². The van der Waals surface area contributed by atoms with E-state index in [1.807, 2.05) is 32.9 Å². The van der Waals surface area contributed by atoms with Crippen molar-refractivity contribution in [2.45, 2.75) is 60.1 Å². The number of rotatable bonds is 8. The van der Waals surface area contributed by atoms with E-state index in [4.69, 9.17) is 4.74 Å². The van der Waals surface area contributed by atoms with E-state index in [1.165, 1.54) is 0 Å². The largest absolute Gasteiger partial charge is 0.444 e. The van der Waals surface area contributed by atoms with Gasteiger partial charge in [-0.1, -0.05) is 31.6 Å². The fourth-order valence-electron chi connectivity index (χ4n) is 2.14. The van der Waals surface area contributed by atoms with E-state index in [9.17, 15) is 14.4 Å². The summed E-state index contributed by atoms with van der Waals surface area (Å²) in [7, 11) is 0. The molecule has 0 aromatic heterocycles. The minimum Gasteiger partial charge on any atom is -0.444 e. The maximum Gasteiger partial charge on any atom is 0.407 e. The first-order valence-electron chi connectivity index (χ1n) is 9.78. The summed E-state index contributed by atoms with van der Waals surface area (Å²) in [5, 5.41) is 8.16. The summed E-state index contributed by atoms with van der Waals surface area (Å²) in [5.41, 5.74) is 2.04. The molecule has 7 heteroatoms. The van der Waals surface area contributed by atoms with Crippen LogP contribution >= 0.6 is 0 Å². The normalized spacial score (nSPS) is 11.8. The summed E-state index contributed by atoms with van der Waals surface area (Å²) in [6, 6.07) is 7.23. The minimum atomic E-state index is -0.572. The van der Waals surface area contributed by atoms with Gasteiger partial charge in [-0.25, -0.2) is 4.79 Å². The second kappa shape index (κ2) is 11.2. The van der Waals surface area contributed by atoms with Gasteiger partial charge in [0.05, 0.1) is 0 Å². The Morgan fingerprint density at radius 3 is 2.24 bits per heavy atom. The molecule has 0 saturated carbocycles. The molecule has 1 aromatic rings. The molecule has 0 atom stereocenters. The Labute approximate surface area is 173 Å². The number of benzene rings is 1. The van der Waals surface area contributed by atoms with Crippen LogP contribution in [0.5, 0.6) is 0 Å². The molecule has 0 radical (unpaired) electrons. The van der Waals surface area contributed by atoms with Crippen molar-refractivity contribution < 1.29 is 19.1 Å². The molecule has 29 heavy (non-hydrogen) atoms. The highest BCUT2D eigenvalue weighted by Gasteiger charge is 2.15. The van der Waals surface area contributed by atoms with Gasteiger partial charge >= 0.3 is 6.09 Å². The summed E-state index contributed by atoms with van der Waals surface area (Å²) < 4.78 is 5.11. The first kappa shape index (κ1) is 24.2. The first-order valence-corrected chi connectivity index (χ1v) is 9.78. The lowest BCUT2D eigenvalue weighted by Gasteiger charge is -2.19. The first-order chi connectivity index (χ1) is 13.5. The quantitative estimate of drug-likeness (QED) is 0.576. The van der Waals surface area contributed by atoms with Gasteiger partial charge < -0.3 is 20.7 Å². The van der Waals surface area contributed by atoms with E-state index in [0.29, 0.717) is 18.2 Å². The molecule has 0 aliphatic rings. The zero-order valence-corrected chi connectivity index (χ0v) is 18.2. The Bertz CT molecular complexity index is 731. The number of nitrogens with one attached hydrogen (secondary N) is 3. The van der Waals surface area contributed by atoms with Crippen LogP contribution in [0.25, 0.3) is 0 Å². The minimum absolute atomic E-state index is 0.119. The van der Waals surface area contributed by atoms with Crippen LogP contribution in [0, 0.1) is 5.92 Å². The Morgan fingerprint density at radius 1 is 1.07 bits per heavy atom. The van der Waals surface area contributed by atoms with Gasteiger partial charge in [0.25, 0.3) is 0 Å². The fourth-order valence-corrected chi connectivity index (χ4v) is 2.14. The number of carbonyl (C=O) groups excluding carboxylic acids is 3. The molecule has 0 bridgehead atoms. The topological polar surface area (TPSA) is 96.5 Å². The van der Waals surface area contributed by atoms with Crippen molar-refractivity contribution in [3.05, 3.63) is 41.5 Å². The van der Waals surface area contributed by atoms with E-state index in [1.54, 1.807) is 39.0 Å². The lowest BCUT2D eigenvalue weighted by Crippen LogP contribution is -2.34. The van der Waals surface area contributed by atoms with Crippen LogP contribution in [0.3, 0.4) is 0 Å². The van der Waals surface area contributed by atoms with Gasteiger partial charge in [-0.3, -0.25) is 9.59 Å². The summed E-state index contributed by atoms with van der Waals surface area (Å²) in [5.74, 6) is 0.00505. The molecule has 0 unspecified atom stereocenters. The number of amides is 3. The van der Waals surface area contributed by atoms with Crippen molar-refractivity contribution >= 4 is 23.6 Å². The Balaban J connectivity index is 2.38. The molecule has 0 heterocycles. The molecular weight excluding hydrogens is 370 g/mol. The van der Waals surface area contributed by atoms with E-state index in [-0.39, 0.29) is 24.8 Å². The average Bonchev–Trinajstić information content (AvgIpc) is 2.59. The number of hydrogen-bond acceptors (Lipinski definition) is 4. The third-order valence-electron chi connectivity index (χ3n) is 3.99. The number of allylic oxidation sites excluding steroid dienone is 1. The zero-order chi connectivity index (χ0) is 22.0. The van der Waals surface area contributed by atoms with E-state index < -0.39 is 11.7 Å². The summed E-state index contributed by atoms with van der Waals surface area (Å²) in [6.07, 6.45) is 1.21. The van der Waals surface area contributed by atoms with Crippen LogP contribution in [-0.2, 0) is 20.9 Å². The van der Waals surface area contributed by atoms with Gasteiger partial charge in [0.15, 0.2) is 0 Å². The van der Waals surface area contributed by atoms with Crippen LogP contribution in [0.4, 0.5) is 10.5 Å². The third kappa shape index (κ3) is 10.9. The molecule has 160 valence electrons. The molecule has 3 N–H and O–H groups in total. The van der Waals surface area contributed by atoms with E-state index in [0.717, 1.165) is 11.1 Å². The van der Waals surface area contributed by atoms with Gasteiger partial charge in [0.1, 0.15) is 5.60 Å². The SMILES string of the molecule is C/C(=C\C(=O)NCc1ccc(NC(=O)CCNC(=O)OC(C)(C)C)cc1)C(C)C. The molecule has 0 spiro atoms. The van der Waals surface area contributed by atoms with E-state index in [2.05, 4.69) is 16.0 Å². The van der Waals surface area contributed by atoms with Crippen LogP contribution in [0.2, 0.25) is 0 Å². The third-order valence-corrected chi connectivity index (χ3v) is 3.99. The predicted octanol–water partition coefficient (Wildman–Crippen LogP) is 3.76. The maximum absolute atomic E-state index is 12.0. The van der Waals surface area contributed by atoms with Crippen molar-refractivity contribution in [2.24, 2.45) is 5.92 Å². The Hall–Kier alpha value is -2.83. The molecule has 0 fully saturated rings. The molecule has 1 rings (SSSR count). The number of alkyl carbamates (subject to hydrolysis) is 1.